The topological polar surface area (TPSA) is 31.2 Å². The van der Waals surface area contributed by atoms with E-state index in [1.165, 1.54) is 9.75 Å². The molecule has 0 N–H and O–H groups in total. The first-order valence-electron chi connectivity index (χ1n) is 6.59. The van der Waals surface area contributed by atoms with Gasteiger partial charge in [0.2, 0.25) is 0 Å². The minimum absolute atomic E-state index is 0.975. The maximum absolute atomic E-state index is 4.28. The Kier molecular flexibility index (Phi) is 8.21. The van der Waals surface area contributed by atoms with Gasteiger partial charge < -0.3 is 9.80 Å². The van der Waals surface area contributed by atoms with Gasteiger partial charge in [0.05, 0.1) is 0 Å². The van der Waals surface area contributed by atoms with Crippen LogP contribution in [-0.4, -0.2) is 62.4 Å². The molecule has 21 heavy (non-hydrogen) atoms. The molecule has 1 aromatic rings. The molecule has 1 rings (SSSR count). The highest BCUT2D eigenvalue weighted by Gasteiger charge is 2.07. The van der Waals surface area contributed by atoms with Gasteiger partial charge >= 0.3 is 0 Å². The van der Waals surface area contributed by atoms with Gasteiger partial charge in [-0.2, -0.15) is 0 Å². The van der Waals surface area contributed by atoms with Gasteiger partial charge in [-0.15, -0.1) is 11.3 Å². The zero-order valence-electron chi connectivity index (χ0n) is 13.6. The van der Waals surface area contributed by atoms with Crippen molar-refractivity contribution in [1.82, 2.24) is 9.80 Å². The fourth-order valence-corrected chi connectivity index (χ4v) is 4.58. The molecule has 0 saturated carbocycles. The summed E-state index contributed by atoms with van der Waals surface area (Å²) in [5.74, 6) is 1.95. The van der Waals surface area contributed by atoms with Gasteiger partial charge in [-0.05, 0) is 12.1 Å². The molecular formula is C14H24N4S3. The Morgan fingerprint density at radius 3 is 1.57 bits per heavy atom. The average molecular weight is 345 g/mol. The molecule has 0 aromatic carbocycles. The second kappa shape index (κ2) is 9.38. The van der Waals surface area contributed by atoms with Gasteiger partial charge in [-0.3, -0.25) is 9.98 Å². The van der Waals surface area contributed by atoms with Crippen LogP contribution in [0.2, 0.25) is 0 Å². The summed E-state index contributed by atoms with van der Waals surface area (Å²) < 4.78 is 0. The Hall–Kier alpha value is -0.660. The smallest absolute Gasteiger partial charge is 0.158 e. The van der Waals surface area contributed by atoms with E-state index in [9.17, 15) is 0 Å². The van der Waals surface area contributed by atoms with Crippen LogP contribution in [0.5, 0.6) is 0 Å². The van der Waals surface area contributed by atoms with E-state index in [1.54, 1.807) is 23.5 Å². The minimum atomic E-state index is 0.975. The Morgan fingerprint density at radius 1 is 0.905 bits per heavy atom. The monoisotopic (exact) mass is 344 g/mol. The van der Waals surface area contributed by atoms with Crippen molar-refractivity contribution in [3.63, 3.8) is 0 Å². The summed E-state index contributed by atoms with van der Waals surface area (Å²) in [6.07, 6.45) is 0. The molecule has 7 heteroatoms. The van der Waals surface area contributed by atoms with E-state index < -0.39 is 0 Å². The van der Waals surface area contributed by atoms with Crippen molar-refractivity contribution in [1.29, 1.82) is 0 Å². The maximum Gasteiger partial charge on any atom is 0.158 e. The number of nitrogens with zero attached hydrogens (tertiary/aromatic N) is 4. The number of amidine groups is 2. The molecule has 1 heterocycles. The third-order valence-corrected chi connectivity index (χ3v) is 6.53. The van der Waals surface area contributed by atoms with Crippen molar-refractivity contribution in [2.75, 3.05) is 42.3 Å². The largest absolute Gasteiger partial charge is 0.358 e. The molecule has 0 bridgehead atoms. The Labute approximate surface area is 140 Å². The first-order chi connectivity index (χ1) is 9.97. The van der Waals surface area contributed by atoms with Crippen molar-refractivity contribution >= 4 is 45.2 Å². The zero-order chi connectivity index (χ0) is 15.8. The molecule has 0 radical (unpaired) electrons. The molecule has 0 amide bonds. The molecule has 0 unspecified atom stereocenters. The Morgan fingerprint density at radius 2 is 1.29 bits per heavy atom. The lowest BCUT2D eigenvalue weighted by Gasteiger charge is -2.13. The highest BCUT2D eigenvalue weighted by Crippen LogP contribution is 2.26. The number of hydrogen-bond acceptors (Lipinski definition) is 5. The van der Waals surface area contributed by atoms with E-state index >= 15 is 0 Å². The highest BCUT2D eigenvalue weighted by atomic mass is 32.2. The summed E-state index contributed by atoms with van der Waals surface area (Å²) in [5.41, 5.74) is 0. The number of thiophene rings is 1. The molecule has 0 spiro atoms. The molecule has 1 aromatic heterocycles. The van der Waals surface area contributed by atoms with Gasteiger partial charge in [0, 0.05) is 63.5 Å². The van der Waals surface area contributed by atoms with Crippen molar-refractivity contribution in [3.8, 4) is 0 Å². The van der Waals surface area contributed by atoms with Crippen LogP contribution in [0.25, 0.3) is 0 Å². The van der Waals surface area contributed by atoms with Crippen LogP contribution in [0.1, 0.15) is 9.75 Å². The highest BCUT2D eigenvalue weighted by molar-refractivity contribution is 8.13. The van der Waals surface area contributed by atoms with Gasteiger partial charge in [0.15, 0.2) is 10.3 Å². The maximum atomic E-state index is 4.28. The third kappa shape index (κ3) is 6.32. The van der Waals surface area contributed by atoms with Crippen LogP contribution in [-0.2, 0) is 11.5 Å². The molecule has 118 valence electrons. The second-order valence-corrected chi connectivity index (χ2v) is 7.88. The number of hydrogen-bond donors (Lipinski definition) is 0. The zero-order valence-corrected chi connectivity index (χ0v) is 16.0. The molecule has 4 nitrogen and oxygen atoms in total. The molecular weight excluding hydrogens is 320 g/mol. The van der Waals surface area contributed by atoms with Crippen LogP contribution in [0.15, 0.2) is 22.1 Å². The van der Waals surface area contributed by atoms with E-state index in [-0.39, 0.29) is 0 Å². The van der Waals surface area contributed by atoms with E-state index in [4.69, 9.17) is 0 Å². The number of rotatable bonds is 4. The molecule has 0 aliphatic heterocycles. The predicted octanol–water partition coefficient (Wildman–Crippen LogP) is 3.31. The standard InChI is InChI=1S/C14H24N4S3/c1-15-13(17(3)4)19-9-11-7-8-12(21-11)10-20-14(16-2)18(5)6/h7-8H,9-10H2,1-6H3/b15-13+,16-14+. The summed E-state index contributed by atoms with van der Waals surface area (Å²) in [7, 11) is 11.8. The molecule has 0 atom stereocenters. The summed E-state index contributed by atoms with van der Waals surface area (Å²) in [6.45, 7) is 0. The SMILES string of the molecule is C/N=C(/SCc1ccc(CS/C(=N/C)N(C)C)s1)N(C)C. The third-order valence-electron chi connectivity index (χ3n) is 2.55. The molecule has 0 aliphatic rings. The van der Waals surface area contributed by atoms with Crippen LogP contribution < -0.4 is 0 Å². The quantitative estimate of drug-likeness (QED) is 0.619. The summed E-state index contributed by atoms with van der Waals surface area (Å²) >= 11 is 5.43. The average Bonchev–Trinajstić information content (AvgIpc) is 2.87. The number of thioether (sulfide) groups is 2. The van der Waals surface area contributed by atoms with Gasteiger partial charge in [-0.25, -0.2) is 0 Å². The van der Waals surface area contributed by atoms with Gasteiger partial charge in [-0.1, -0.05) is 23.5 Å². The molecule has 0 saturated heterocycles. The predicted molar refractivity (Wildman–Crippen MR) is 101 cm³/mol. The summed E-state index contributed by atoms with van der Waals surface area (Å²) in [5, 5.41) is 2.12. The van der Waals surface area contributed by atoms with Crippen LogP contribution in [0, 0.1) is 0 Å². The lowest BCUT2D eigenvalue weighted by atomic mass is 10.5. The summed E-state index contributed by atoms with van der Waals surface area (Å²) in [4.78, 5) is 15.4. The van der Waals surface area contributed by atoms with Crippen molar-refractivity contribution < 1.29 is 0 Å². The summed E-state index contributed by atoms with van der Waals surface area (Å²) in [6, 6.07) is 4.43. The van der Waals surface area contributed by atoms with Crippen molar-refractivity contribution in [2.24, 2.45) is 9.98 Å². The van der Waals surface area contributed by atoms with Crippen LogP contribution >= 0.6 is 34.9 Å². The van der Waals surface area contributed by atoms with E-state index in [0.717, 1.165) is 21.8 Å². The van der Waals surface area contributed by atoms with Crippen LogP contribution in [0.4, 0.5) is 0 Å². The number of aliphatic imine (C=N–C) groups is 2. The fraction of sp³-hybridized carbons (Fsp3) is 0.571. The first-order valence-corrected chi connectivity index (χ1v) is 9.38. The molecule has 0 fully saturated rings. The lowest BCUT2D eigenvalue weighted by Crippen LogP contribution is -2.18. The normalized spacial score (nSPS) is 12.7. The van der Waals surface area contributed by atoms with Crippen molar-refractivity contribution in [3.05, 3.63) is 21.9 Å². The van der Waals surface area contributed by atoms with E-state index in [1.807, 2.05) is 53.6 Å². The second-order valence-electron chi connectivity index (χ2n) is 4.75. The Balaban J connectivity index is 2.50. The van der Waals surface area contributed by atoms with Gasteiger partial charge in [0.25, 0.3) is 0 Å². The lowest BCUT2D eigenvalue weighted by molar-refractivity contribution is 0.635. The van der Waals surface area contributed by atoms with E-state index in [0.29, 0.717) is 0 Å². The van der Waals surface area contributed by atoms with Crippen LogP contribution in [0.3, 0.4) is 0 Å². The fourth-order valence-electron chi connectivity index (χ4n) is 1.64. The van der Waals surface area contributed by atoms with Crippen molar-refractivity contribution in [2.45, 2.75) is 11.5 Å². The molecule has 0 aliphatic carbocycles. The van der Waals surface area contributed by atoms with Gasteiger partial charge in [0.1, 0.15) is 0 Å². The first kappa shape index (κ1) is 18.4. The van der Waals surface area contributed by atoms with E-state index in [2.05, 4.69) is 31.9 Å². The Bertz CT molecular complexity index is 450. The minimum Gasteiger partial charge on any atom is -0.358 e.